The Kier molecular flexibility index (Phi) is 5.06. The molecule has 0 spiro atoms. The van der Waals surface area contributed by atoms with Crippen LogP contribution < -0.4 is 15.1 Å². The Labute approximate surface area is 162 Å². The number of aromatic nitrogens is 2. The number of piperazine rings is 1. The van der Waals surface area contributed by atoms with E-state index in [2.05, 4.69) is 25.1 Å². The average molecular weight is 381 g/mol. The van der Waals surface area contributed by atoms with Crippen LogP contribution in [0.15, 0.2) is 54.6 Å². The normalized spacial score (nSPS) is 14.2. The summed E-state index contributed by atoms with van der Waals surface area (Å²) in [5.41, 5.74) is 2.62. The van der Waals surface area contributed by atoms with Crippen LogP contribution in [-0.2, 0) is 0 Å². The van der Waals surface area contributed by atoms with Crippen LogP contribution in [0.1, 0.15) is 5.69 Å². The van der Waals surface area contributed by atoms with Crippen molar-refractivity contribution < 1.29 is 8.78 Å². The van der Waals surface area contributed by atoms with E-state index in [9.17, 15) is 8.78 Å². The maximum Gasteiger partial charge on any atom is 0.229 e. The SMILES string of the molecule is Cc1cc(N2CCN(c3ccc(F)cc3)CC2)nc(Nc2ccc(F)cc2)n1. The molecule has 7 heteroatoms. The second-order valence-corrected chi connectivity index (χ2v) is 6.77. The van der Waals surface area contributed by atoms with Crippen molar-refractivity contribution in [1.82, 2.24) is 9.97 Å². The van der Waals surface area contributed by atoms with Gasteiger partial charge in [-0.05, 0) is 55.5 Å². The Morgan fingerprint density at radius 2 is 1.36 bits per heavy atom. The van der Waals surface area contributed by atoms with Crippen molar-refractivity contribution in [1.29, 1.82) is 0 Å². The largest absolute Gasteiger partial charge is 0.368 e. The van der Waals surface area contributed by atoms with Gasteiger partial charge in [0.25, 0.3) is 0 Å². The van der Waals surface area contributed by atoms with Gasteiger partial charge in [-0.2, -0.15) is 4.98 Å². The van der Waals surface area contributed by atoms with Crippen LogP contribution in [-0.4, -0.2) is 36.1 Å². The smallest absolute Gasteiger partial charge is 0.229 e. The van der Waals surface area contributed by atoms with Crippen LogP contribution in [0.25, 0.3) is 0 Å². The molecule has 0 saturated carbocycles. The number of anilines is 4. The molecule has 1 N–H and O–H groups in total. The van der Waals surface area contributed by atoms with Crippen LogP contribution in [0.4, 0.5) is 31.9 Å². The lowest BCUT2D eigenvalue weighted by molar-refractivity contribution is 0.624. The first-order chi connectivity index (χ1) is 13.6. The first-order valence-corrected chi connectivity index (χ1v) is 9.20. The zero-order valence-corrected chi connectivity index (χ0v) is 15.6. The molecular weight excluding hydrogens is 360 g/mol. The summed E-state index contributed by atoms with van der Waals surface area (Å²) in [6.45, 7) is 5.20. The van der Waals surface area contributed by atoms with Crippen molar-refractivity contribution >= 4 is 23.1 Å². The van der Waals surface area contributed by atoms with E-state index in [0.29, 0.717) is 5.95 Å². The fourth-order valence-electron chi connectivity index (χ4n) is 3.28. The van der Waals surface area contributed by atoms with Crippen molar-refractivity contribution in [2.45, 2.75) is 6.92 Å². The summed E-state index contributed by atoms with van der Waals surface area (Å²) in [4.78, 5) is 13.5. The summed E-state index contributed by atoms with van der Waals surface area (Å²) >= 11 is 0. The Bertz CT molecular complexity index is 936. The van der Waals surface area contributed by atoms with Crippen LogP contribution in [0.2, 0.25) is 0 Å². The maximum absolute atomic E-state index is 13.1. The van der Waals surface area contributed by atoms with Gasteiger partial charge in [0.1, 0.15) is 17.5 Å². The lowest BCUT2D eigenvalue weighted by Crippen LogP contribution is -2.46. The zero-order chi connectivity index (χ0) is 19.5. The third-order valence-corrected chi connectivity index (χ3v) is 4.74. The summed E-state index contributed by atoms with van der Waals surface area (Å²) in [5.74, 6) is 0.842. The van der Waals surface area contributed by atoms with E-state index in [1.54, 1.807) is 12.1 Å². The number of hydrogen-bond donors (Lipinski definition) is 1. The third kappa shape index (κ3) is 4.19. The predicted octanol–water partition coefficient (Wildman–Crippen LogP) is 4.13. The average Bonchev–Trinajstić information content (AvgIpc) is 2.70. The highest BCUT2D eigenvalue weighted by Gasteiger charge is 2.19. The van der Waals surface area contributed by atoms with Crippen LogP contribution in [0.3, 0.4) is 0 Å². The van der Waals surface area contributed by atoms with E-state index in [0.717, 1.165) is 49.1 Å². The van der Waals surface area contributed by atoms with Gasteiger partial charge in [0.2, 0.25) is 5.95 Å². The first kappa shape index (κ1) is 18.2. The Morgan fingerprint density at radius 1 is 0.786 bits per heavy atom. The fraction of sp³-hybridized carbons (Fsp3) is 0.238. The molecule has 4 rings (SSSR count). The van der Waals surface area contributed by atoms with E-state index in [1.165, 1.54) is 24.3 Å². The standard InChI is InChI=1S/C21H21F2N5/c1-15-14-20(26-21(24-15)25-18-6-2-16(22)3-7-18)28-12-10-27(11-13-28)19-8-4-17(23)5-9-19/h2-9,14H,10-13H2,1H3,(H,24,25,26). The molecule has 1 aliphatic rings. The molecule has 0 radical (unpaired) electrons. The lowest BCUT2D eigenvalue weighted by atomic mass is 10.2. The first-order valence-electron chi connectivity index (χ1n) is 9.20. The third-order valence-electron chi connectivity index (χ3n) is 4.74. The number of halogens is 2. The van der Waals surface area contributed by atoms with Crippen molar-refractivity contribution in [3.63, 3.8) is 0 Å². The second-order valence-electron chi connectivity index (χ2n) is 6.77. The highest BCUT2D eigenvalue weighted by molar-refractivity contribution is 5.56. The summed E-state index contributed by atoms with van der Waals surface area (Å²) in [7, 11) is 0. The molecule has 0 aliphatic carbocycles. The predicted molar refractivity (Wildman–Crippen MR) is 107 cm³/mol. The van der Waals surface area contributed by atoms with Gasteiger partial charge in [-0.25, -0.2) is 13.8 Å². The van der Waals surface area contributed by atoms with Crippen molar-refractivity contribution in [3.8, 4) is 0 Å². The molecule has 0 unspecified atom stereocenters. The summed E-state index contributed by atoms with van der Waals surface area (Å²) in [6, 6.07) is 14.7. The number of nitrogens with one attached hydrogen (secondary N) is 1. The van der Waals surface area contributed by atoms with Crippen LogP contribution >= 0.6 is 0 Å². The number of rotatable bonds is 4. The molecule has 1 aromatic heterocycles. The molecule has 1 aliphatic heterocycles. The molecule has 2 aromatic carbocycles. The molecule has 1 saturated heterocycles. The van der Waals surface area contributed by atoms with Gasteiger partial charge in [-0.15, -0.1) is 0 Å². The Balaban J connectivity index is 1.45. The highest BCUT2D eigenvalue weighted by atomic mass is 19.1. The topological polar surface area (TPSA) is 44.3 Å². The molecule has 3 aromatic rings. The van der Waals surface area contributed by atoms with E-state index in [-0.39, 0.29) is 11.6 Å². The van der Waals surface area contributed by atoms with Crippen molar-refractivity contribution in [3.05, 3.63) is 71.9 Å². The summed E-state index contributed by atoms with van der Waals surface area (Å²) < 4.78 is 26.2. The van der Waals surface area contributed by atoms with Crippen LogP contribution in [0.5, 0.6) is 0 Å². The second kappa shape index (κ2) is 7.80. The van der Waals surface area contributed by atoms with Gasteiger partial charge in [0.15, 0.2) is 0 Å². The summed E-state index contributed by atoms with van der Waals surface area (Å²) in [6.07, 6.45) is 0. The van der Waals surface area contributed by atoms with Crippen molar-refractivity contribution in [2.75, 3.05) is 41.3 Å². The minimum absolute atomic E-state index is 0.222. The zero-order valence-electron chi connectivity index (χ0n) is 15.6. The molecular formula is C21H21F2N5. The molecule has 5 nitrogen and oxygen atoms in total. The van der Waals surface area contributed by atoms with Gasteiger partial charge in [-0.3, -0.25) is 0 Å². The lowest BCUT2D eigenvalue weighted by Gasteiger charge is -2.36. The molecule has 0 amide bonds. The van der Waals surface area contributed by atoms with E-state index < -0.39 is 0 Å². The van der Waals surface area contributed by atoms with Gasteiger partial charge in [0.05, 0.1) is 0 Å². The number of aryl methyl sites for hydroxylation is 1. The number of nitrogens with zero attached hydrogens (tertiary/aromatic N) is 4. The number of hydrogen-bond acceptors (Lipinski definition) is 5. The highest BCUT2D eigenvalue weighted by Crippen LogP contribution is 2.22. The maximum atomic E-state index is 13.1. The van der Waals surface area contributed by atoms with E-state index in [1.807, 2.05) is 25.1 Å². The van der Waals surface area contributed by atoms with Gasteiger partial charge < -0.3 is 15.1 Å². The van der Waals surface area contributed by atoms with Gasteiger partial charge >= 0.3 is 0 Å². The number of benzene rings is 2. The van der Waals surface area contributed by atoms with Gasteiger partial charge in [0, 0.05) is 49.3 Å². The van der Waals surface area contributed by atoms with Gasteiger partial charge in [-0.1, -0.05) is 0 Å². The molecule has 0 bridgehead atoms. The van der Waals surface area contributed by atoms with Crippen LogP contribution in [0, 0.1) is 18.6 Å². The van der Waals surface area contributed by atoms with E-state index >= 15 is 0 Å². The monoisotopic (exact) mass is 381 g/mol. The van der Waals surface area contributed by atoms with E-state index in [4.69, 9.17) is 0 Å². The molecule has 1 fully saturated rings. The quantitative estimate of drug-likeness (QED) is 0.736. The fourth-order valence-corrected chi connectivity index (χ4v) is 3.28. The Morgan fingerprint density at radius 3 is 2.00 bits per heavy atom. The molecule has 144 valence electrons. The molecule has 0 atom stereocenters. The molecule has 28 heavy (non-hydrogen) atoms. The van der Waals surface area contributed by atoms with Crippen molar-refractivity contribution in [2.24, 2.45) is 0 Å². The summed E-state index contributed by atoms with van der Waals surface area (Å²) in [5, 5.41) is 3.13. The minimum atomic E-state index is -0.282. The molecule has 2 heterocycles. The minimum Gasteiger partial charge on any atom is -0.368 e. The Hall–Kier alpha value is -3.22.